The fraction of sp³-hybridized carbons (Fsp3) is 0.294. The molecule has 114 heavy (non-hydrogen) atoms. The van der Waals surface area contributed by atoms with E-state index in [1.165, 1.54) is 22.3 Å². The lowest BCUT2D eigenvalue weighted by Gasteiger charge is -2.46. The van der Waals surface area contributed by atoms with E-state index in [2.05, 4.69) is 388 Å². The molecule has 0 saturated heterocycles. The molecule has 0 atom stereocenters. The molecule has 5 heteroatoms. The Morgan fingerprint density at radius 1 is 0.281 bits per heavy atom. The third-order valence-corrected chi connectivity index (χ3v) is 23.7. The lowest BCUT2D eigenvalue weighted by atomic mass is 9.33. The fourth-order valence-corrected chi connectivity index (χ4v) is 16.8. The second kappa shape index (κ2) is 27.5. The van der Waals surface area contributed by atoms with E-state index in [-0.39, 0.29) is 54.3 Å². The Balaban J connectivity index is 1.21. The van der Waals surface area contributed by atoms with Crippen molar-refractivity contribution in [2.24, 2.45) is 0 Å². The van der Waals surface area contributed by atoms with Crippen molar-refractivity contribution < 1.29 is 11.0 Å². The second-order valence-corrected chi connectivity index (χ2v) is 40.5. The predicted molar refractivity (Wildman–Crippen MR) is 495 cm³/mol. The topological polar surface area (TPSA) is 24.3 Å². The summed E-state index contributed by atoms with van der Waals surface area (Å²) in [6, 6.07) is 75.6. The van der Waals surface area contributed by atoms with Gasteiger partial charge in [0.15, 0.2) is 0 Å². The van der Waals surface area contributed by atoms with E-state index < -0.39 is 65.9 Å². The molecule has 2 aliphatic rings. The monoisotopic (exact) mass is 1500 g/mol. The summed E-state index contributed by atoms with van der Waals surface area (Å²) in [6.45, 7) is 54.1. The summed E-state index contributed by atoms with van der Waals surface area (Å²) in [6.07, 6.45) is 0. The van der Waals surface area contributed by atoms with Crippen molar-refractivity contribution in [1.82, 2.24) is 9.55 Å². The van der Waals surface area contributed by atoms with E-state index in [1.54, 1.807) is 4.57 Å². The average molecular weight is 1500 g/mol. The van der Waals surface area contributed by atoms with Crippen molar-refractivity contribution in [3.63, 3.8) is 0 Å². The van der Waals surface area contributed by atoms with Crippen molar-refractivity contribution in [3.8, 4) is 72.6 Å². The molecular formula is C109H115BN4. The van der Waals surface area contributed by atoms with Crippen LogP contribution in [-0.2, 0) is 43.3 Å². The highest BCUT2D eigenvalue weighted by Gasteiger charge is 2.47. The lowest BCUT2D eigenvalue weighted by molar-refractivity contribution is 0.553. The molecule has 574 valence electrons. The fourth-order valence-electron chi connectivity index (χ4n) is 16.8. The molecule has 4 heterocycles. The zero-order valence-corrected chi connectivity index (χ0v) is 71.6. The van der Waals surface area contributed by atoms with Gasteiger partial charge in [-0.1, -0.05) is 354 Å². The molecule has 14 aromatic rings. The van der Waals surface area contributed by atoms with Gasteiger partial charge in [0.1, 0.15) is 0 Å². The van der Waals surface area contributed by atoms with Gasteiger partial charge in [0.2, 0.25) is 0 Å². The van der Waals surface area contributed by atoms with E-state index in [0.717, 1.165) is 140 Å². The molecule has 0 spiro atoms. The van der Waals surface area contributed by atoms with Gasteiger partial charge < -0.3 is 14.4 Å². The number of hydrogen-bond donors (Lipinski definition) is 0. The van der Waals surface area contributed by atoms with Gasteiger partial charge in [-0.05, 0) is 205 Å². The Bertz CT molecular complexity index is 6390. The minimum atomic E-state index is -0.555. The standard InChI is InChI=1S/C109H115BN4/c1-102(2,3)75-52-73(53-76(58-75)103(4,5)6)71-48-50-89-94(56-71)113(100-85(68-38-28-25-29-39-68)60-79(106(13,14)15)61-86(100)69-40-30-26-31-41-69)96-66-82(112-92-46-36-34-44-83(92)84-45-35-37-47-93(84)112)67-97-99(96)110(89)90-51-49-72(74-54-77(104(7,8)9)59-78(55-74)105(10,11)12)57-95(90)114(97)101-87(70-42-32-27-33-43-70)62-80(107(16,17)18)63-88(101)91-64-81(108(19,20)21)65-98(111-91)109(22,23)24/h25-67H,1-24H3/i34D,35D,36D,37D,44D,45D,46D,47D. The maximum absolute atomic E-state index is 10.4. The maximum atomic E-state index is 10.4. The van der Waals surface area contributed by atoms with Crippen LogP contribution >= 0.6 is 0 Å². The van der Waals surface area contributed by atoms with Crippen LogP contribution in [0.2, 0.25) is 0 Å². The first-order valence-electron chi connectivity index (χ1n) is 44.9. The smallest absolute Gasteiger partial charge is 0.252 e. The summed E-state index contributed by atoms with van der Waals surface area (Å²) in [7, 11) is 0. The molecule has 0 aliphatic carbocycles. The van der Waals surface area contributed by atoms with E-state index in [0.29, 0.717) is 5.69 Å². The summed E-state index contributed by atoms with van der Waals surface area (Å²) >= 11 is 0. The van der Waals surface area contributed by atoms with E-state index in [1.807, 2.05) is 0 Å². The third kappa shape index (κ3) is 14.0. The molecule has 0 amide bonds. The van der Waals surface area contributed by atoms with Gasteiger partial charge in [0, 0.05) is 66.9 Å². The largest absolute Gasteiger partial charge is 0.310 e. The Hall–Kier alpha value is -10.7. The zero-order chi connectivity index (χ0) is 88.0. The third-order valence-electron chi connectivity index (χ3n) is 23.7. The number of anilines is 6. The second-order valence-electron chi connectivity index (χ2n) is 40.5. The quantitative estimate of drug-likeness (QED) is 0.135. The number of pyridine rings is 1. The maximum Gasteiger partial charge on any atom is 0.252 e. The number of rotatable bonds is 9. The first-order valence-corrected chi connectivity index (χ1v) is 40.9. The number of aromatic nitrogens is 2. The number of para-hydroxylation sites is 2. The number of hydrogen-bond acceptors (Lipinski definition) is 3. The minimum Gasteiger partial charge on any atom is -0.310 e. The van der Waals surface area contributed by atoms with Gasteiger partial charge in [0.05, 0.1) is 44.8 Å². The van der Waals surface area contributed by atoms with Crippen molar-refractivity contribution in [2.75, 3.05) is 9.80 Å². The van der Waals surface area contributed by atoms with Crippen LogP contribution in [0.3, 0.4) is 0 Å². The van der Waals surface area contributed by atoms with Gasteiger partial charge >= 0.3 is 0 Å². The predicted octanol–water partition coefficient (Wildman–Crippen LogP) is 28.6. The van der Waals surface area contributed by atoms with Crippen LogP contribution in [0.5, 0.6) is 0 Å². The highest BCUT2D eigenvalue weighted by molar-refractivity contribution is 7.00. The van der Waals surface area contributed by atoms with Gasteiger partial charge in [-0.25, -0.2) is 0 Å². The number of nitrogens with zero attached hydrogens (tertiary/aromatic N) is 4. The van der Waals surface area contributed by atoms with E-state index in [4.69, 9.17) is 4.98 Å². The molecule has 2 aliphatic heterocycles. The minimum absolute atomic E-state index is 0.0125. The van der Waals surface area contributed by atoms with E-state index >= 15 is 0 Å². The Morgan fingerprint density at radius 3 is 0.956 bits per heavy atom. The molecule has 0 N–H and O–H groups in total. The zero-order valence-electron chi connectivity index (χ0n) is 79.6. The highest BCUT2D eigenvalue weighted by Crippen LogP contribution is 2.57. The molecule has 2 aromatic heterocycles. The van der Waals surface area contributed by atoms with Gasteiger partial charge in [-0.2, -0.15) is 0 Å². The first kappa shape index (κ1) is 67.7. The number of fused-ring (bicyclic) bond motifs is 7. The van der Waals surface area contributed by atoms with Crippen LogP contribution in [-0.4, -0.2) is 16.3 Å². The molecule has 16 rings (SSSR count). The van der Waals surface area contributed by atoms with Crippen LogP contribution in [0, 0.1) is 0 Å². The van der Waals surface area contributed by atoms with Crippen LogP contribution in [0.1, 0.15) is 222 Å². The average Bonchev–Trinajstić information content (AvgIpc) is 1.05. The SMILES string of the molecule is [2H]c1c([2H])c([2H])c2c(c1[2H])c1c([2H])c([2H])c([2H])c([2H])c1n2-c1cc2c3c(c1)N(c1c(-c4ccccc4)cc(C(C)(C)C)cc1-c1cc(C(C)(C)C)cc(C(C)(C)C)n1)c1cc(-c4cc(C(C)(C)C)cc(C(C)(C)C)c4)ccc1B3c1ccc(-c3cc(C(C)(C)C)cc(C(C)(C)C)c3)cc1N2c1c(-c2ccccc2)cc(C(C)(C)C)cc1-c1ccccc1. The normalized spacial score (nSPS) is 14.5. The summed E-state index contributed by atoms with van der Waals surface area (Å²) in [5.41, 5.74) is 26.7. The lowest BCUT2D eigenvalue weighted by Crippen LogP contribution is -2.61. The summed E-state index contributed by atoms with van der Waals surface area (Å²) in [5, 5.41) is -0.0249. The summed E-state index contributed by atoms with van der Waals surface area (Å²) in [5.74, 6) is 0. The molecule has 0 fully saturated rings. The Labute approximate surface area is 692 Å². The Morgan fingerprint density at radius 2 is 0.605 bits per heavy atom. The van der Waals surface area contributed by atoms with Crippen LogP contribution in [0.25, 0.3) is 94.4 Å². The molecule has 0 bridgehead atoms. The van der Waals surface area contributed by atoms with E-state index in [9.17, 15) is 11.0 Å². The molecular weight excluding hydrogens is 1380 g/mol. The summed E-state index contributed by atoms with van der Waals surface area (Å²) in [4.78, 5) is 11.0. The molecule has 4 nitrogen and oxygen atoms in total. The van der Waals surface area contributed by atoms with Gasteiger partial charge in [-0.15, -0.1) is 0 Å². The van der Waals surface area contributed by atoms with Crippen molar-refractivity contribution >= 4 is 79.0 Å². The van der Waals surface area contributed by atoms with Gasteiger partial charge in [0.25, 0.3) is 6.71 Å². The van der Waals surface area contributed by atoms with Crippen LogP contribution in [0.4, 0.5) is 34.1 Å². The summed E-state index contributed by atoms with van der Waals surface area (Å²) < 4.78 is 81.0. The van der Waals surface area contributed by atoms with Crippen molar-refractivity contribution in [2.45, 2.75) is 209 Å². The molecule has 0 radical (unpaired) electrons. The van der Waals surface area contributed by atoms with Crippen molar-refractivity contribution in [3.05, 3.63) is 305 Å². The Kier molecular flexibility index (Phi) is 16.3. The first-order chi connectivity index (χ1) is 56.9. The van der Waals surface area contributed by atoms with Crippen LogP contribution in [0.15, 0.2) is 261 Å². The highest BCUT2D eigenvalue weighted by atomic mass is 15.2. The van der Waals surface area contributed by atoms with Crippen LogP contribution < -0.4 is 26.2 Å². The van der Waals surface area contributed by atoms with Crippen molar-refractivity contribution in [1.29, 1.82) is 0 Å². The number of benzene rings is 12. The molecule has 12 aromatic carbocycles. The van der Waals surface area contributed by atoms with Gasteiger partial charge in [-0.3, -0.25) is 4.98 Å². The molecule has 0 unspecified atom stereocenters. The molecule has 0 saturated carbocycles.